The molecule has 1 aliphatic rings. The molecule has 0 bridgehead atoms. The molecule has 1 atom stereocenters. The molecular weight excluding hydrogens is 435 g/mol. The zero-order valence-electron chi connectivity index (χ0n) is 16.2. The van der Waals surface area contributed by atoms with E-state index in [4.69, 9.17) is 21.1 Å². The number of benzene rings is 1. The Labute approximate surface area is 174 Å². The molecule has 1 unspecified atom stereocenters. The Bertz CT molecular complexity index is 857. The number of nitrogens with zero attached hydrogens (tertiary/aromatic N) is 1. The third-order valence-electron chi connectivity index (χ3n) is 4.11. The number of fused-ring (bicyclic) bond motifs is 1. The van der Waals surface area contributed by atoms with Crippen molar-refractivity contribution in [3.8, 4) is 5.75 Å². The maximum atomic E-state index is 13.8. The molecule has 1 aliphatic heterocycles. The molecule has 0 N–H and O–H groups in total. The van der Waals surface area contributed by atoms with Crippen LogP contribution in [0.15, 0.2) is 18.2 Å². The second-order valence-corrected chi connectivity index (χ2v) is 7.89. The number of rotatable bonds is 7. The van der Waals surface area contributed by atoms with Crippen LogP contribution >= 0.6 is 11.6 Å². The average Bonchev–Trinajstić information content (AvgIpc) is 2.62. The number of hydrogen-bond donors (Lipinski definition) is 0. The Hall–Kier alpha value is -2.69. The first kappa shape index (κ1) is 23.6. The van der Waals surface area contributed by atoms with Gasteiger partial charge in [0.25, 0.3) is 10.7 Å². The molecule has 12 heteroatoms. The quantitative estimate of drug-likeness (QED) is 0.334. The van der Waals surface area contributed by atoms with Crippen LogP contribution in [-0.4, -0.2) is 42.8 Å². The van der Waals surface area contributed by atoms with Crippen LogP contribution in [0.4, 0.5) is 18.0 Å². The predicted molar refractivity (Wildman–Crippen MR) is 98.7 cm³/mol. The normalized spacial score (nSPS) is 18.2. The van der Waals surface area contributed by atoms with E-state index in [0.717, 1.165) is 6.08 Å². The summed E-state index contributed by atoms with van der Waals surface area (Å²) in [6.07, 6.45) is -4.36. The highest BCUT2D eigenvalue weighted by molar-refractivity contribution is 6.30. The van der Waals surface area contributed by atoms with E-state index in [1.54, 1.807) is 0 Å². The lowest BCUT2D eigenvalue weighted by Gasteiger charge is -2.36. The summed E-state index contributed by atoms with van der Waals surface area (Å²) in [4.78, 5) is 26.3. The topological polar surface area (TPSA) is 97.1 Å². The fourth-order valence-corrected chi connectivity index (χ4v) is 2.78. The first-order valence-electron chi connectivity index (χ1n) is 8.57. The summed E-state index contributed by atoms with van der Waals surface area (Å²) in [6.45, 7) is 2.58. The first-order chi connectivity index (χ1) is 13.7. The monoisotopic (exact) mass is 453 g/mol. The van der Waals surface area contributed by atoms with Gasteiger partial charge in [-0.2, -0.15) is 13.2 Å². The Kier molecular flexibility index (Phi) is 6.75. The SMILES string of the molecule is Cc1cc(Cl)cc2c1OC(COC(=O)OCC(C)(C)CO[N+](=O)[O-])(C(F)(F)F)C=C2. The van der Waals surface area contributed by atoms with Gasteiger partial charge in [0.15, 0.2) is 0 Å². The van der Waals surface area contributed by atoms with Crippen molar-refractivity contribution in [2.24, 2.45) is 5.41 Å². The summed E-state index contributed by atoms with van der Waals surface area (Å²) in [5.74, 6) is -0.0331. The summed E-state index contributed by atoms with van der Waals surface area (Å²) >= 11 is 5.91. The lowest BCUT2D eigenvalue weighted by atomic mass is 9.96. The number of alkyl halides is 3. The van der Waals surface area contributed by atoms with Crippen LogP contribution in [0, 0.1) is 22.5 Å². The number of aryl methyl sites for hydroxylation is 1. The van der Waals surface area contributed by atoms with Crippen molar-refractivity contribution < 1.29 is 42.1 Å². The molecular formula is C18H19ClF3NO7. The van der Waals surface area contributed by atoms with Gasteiger partial charge >= 0.3 is 12.3 Å². The molecule has 0 spiro atoms. The number of halogens is 4. The van der Waals surface area contributed by atoms with E-state index < -0.39 is 35.0 Å². The van der Waals surface area contributed by atoms with Gasteiger partial charge in [-0.1, -0.05) is 31.5 Å². The molecule has 1 aromatic carbocycles. The van der Waals surface area contributed by atoms with Crippen LogP contribution in [0.25, 0.3) is 6.08 Å². The van der Waals surface area contributed by atoms with E-state index in [9.17, 15) is 28.1 Å². The van der Waals surface area contributed by atoms with Gasteiger partial charge in [-0.3, -0.25) is 0 Å². The van der Waals surface area contributed by atoms with Crippen molar-refractivity contribution in [3.63, 3.8) is 0 Å². The molecule has 2 rings (SSSR count). The molecule has 0 fully saturated rings. The number of hydrogen-bond acceptors (Lipinski definition) is 7. The van der Waals surface area contributed by atoms with Gasteiger partial charge < -0.3 is 19.0 Å². The molecule has 30 heavy (non-hydrogen) atoms. The summed E-state index contributed by atoms with van der Waals surface area (Å²) < 4.78 is 56.0. The van der Waals surface area contributed by atoms with Gasteiger partial charge in [-0.15, -0.1) is 10.1 Å². The summed E-state index contributed by atoms with van der Waals surface area (Å²) in [5.41, 5.74) is -3.15. The molecule has 0 radical (unpaired) electrons. The van der Waals surface area contributed by atoms with Crippen LogP contribution in [-0.2, 0) is 14.3 Å². The van der Waals surface area contributed by atoms with Crippen LogP contribution in [0.2, 0.25) is 5.02 Å². The number of carbonyl (C=O) groups is 1. The largest absolute Gasteiger partial charge is 0.508 e. The maximum absolute atomic E-state index is 13.8. The minimum Gasteiger partial charge on any atom is -0.469 e. The van der Waals surface area contributed by atoms with Crippen LogP contribution in [0.1, 0.15) is 25.0 Å². The summed E-state index contributed by atoms with van der Waals surface area (Å²) in [6, 6.07) is 2.90. The van der Waals surface area contributed by atoms with Crippen molar-refractivity contribution in [3.05, 3.63) is 44.5 Å². The smallest absolute Gasteiger partial charge is 0.469 e. The van der Waals surface area contributed by atoms with E-state index in [1.165, 1.54) is 39.0 Å². The maximum Gasteiger partial charge on any atom is 0.508 e. The van der Waals surface area contributed by atoms with Gasteiger partial charge in [0.2, 0.25) is 0 Å². The van der Waals surface area contributed by atoms with E-state index in [-0.39, 0.29) is 19.0 Å². The molecule has 0 saturated carbocycles. The van der Waals surface area contributed by atoms with Crippen LogP contribution in [0.5, 0.6) is 5.75 Å². The minimum atomic E-state index is -4.91. The molecule has 0 amide bonds. The van der Waals surface area contributed by atoms with Crippen molar-refractivity contribution >= 4 is 23.8 Å². The van der Waals surface area contributed by atoms with Gasteiger partial charge in [0, 0.05) is 16.0 Å². The molecule has 0 aliphatic carbocycles. The third kappa shape index (κ3) is 5.68. The Morgan fingerprint density at radius 1 is 1.27 bits per heavy atom. The Morgan fingerprint density at radius 2 is 1.93 bits per heavy atom. The van der Waals surface area contributed by atoms with Crippen molar-refractivity contribution in [1.82, 2.24) is 0 Å². The molecule has 0 aromatic heterocycles. The van der Waals surface area contributed by atoms with Crippen molar-refractivity contribution in [1.29, 1.82) is 0 Å². The minimum absolute atomic E-state index is 0.0331. The van der Waals surface area contributed by atoms with Gasteiger partial charge in [0.1, 0.15) is 25.6 Å². The predicted octanol–water partition coefficient (Wildman–Crippen LogP) is 4.74. The number of carbonyl (C=O) groups excluding carboxylic acids is 1. The standard InChI is InChI=1S/C18H19ClF3NO7/c1-11-6-13(19)7-12-4-5-17(18(20,21)22,30-14(11)12)10-28-15(24)27-8-16(2,3)9-29-23(25)26/h4-7H,8-10H2,1-3H3. The van der Waals surface area contributed by atoms with Gasteiger partial charge in [-0.25, -0.2) is 4.79 Å². The average molecular weight is 454 g/mol. The van der Waals surface area contributed by atoms with E-state index >= 15 is 0 Å². The second kappa shape index (κ2) is 8.58. The lowest BCUT2D eigenvalue weighted by molar-refractivity contribution is -0.760. The Balaban J connectivity index is 2.07. The highest BCUT2D eigenvalue weighted by atomic mass is 35.5. The summed E-state index contributed by atoms with van der Waals surface area (Å²) in [7, 11) is 0. The van der Waals surface area contributed by atoms with Crippen molar-refractivity contribution in [2.45, 2.75) is 32.5 Å². The Morgan fingerprint density at radius 3 is 2.53 bits per heavy atom. The number of ether oxygens (including phenoxy) is 3. The first-order valence-corrected chi connectivity index (χ1v) is 8.94. The zero-order chi connectivity index (χ0) is 22.7. The molecule has 1 heterocycles. The van der Waals surface area contributed by atoms with Crippen molar-refractivity contribution in [2.75, 3.05) is 19.8 Å². The fourth-order valence-electron chi connectivity index (χ4n) is 2.50. The zero-order valence-corrected chi connectivity index (χ0v) is 17.0. The van der Waals surface area contributed by atoms with Gasteiger partial charge in [0.05, 0.1) is 0 Å². The molecule has 166 valence electrons. The second-order valence-electron chi connectivity index (χ2n) is 7.45. The highest BCUT2D eigenvalue weighted by Gasteiger charge is 2.58. The van der Waals surface area contributed by atoms with E-state index in [0.29, 0.717) is 16.1 Å². The molecule has 0 saturated heterocycles. The lowest BCUT2D eigenvalue weighted by Crippen LogP contribution is -2.54. The van der Waals surface area contributed by atoms with E-state index in [2.05, 4.69) is 9.57 Å². The van der Waals surface area contributed by atoms with E-state index in [1.807, 2.05) is 0 Å². The highest BCUT2D eigenvalue weighted by Crippen LogP contribution is 2.43. The fraction of sp³-hybridized carbons (Fsp3) is 0.500. The van der Waals surface area contributed by atoms with Gasteiger partial charge in [-0.05, 0) is 30.7 Å². The third-order valence-corrected chi connectivity index (χ3v) is 4.33. The summed E-state index contributed by atoms with van der Waals surface area (Å²) in [5, 5.41) is 9.57. The molecule has 8 nitrogen and oxygen atoms in total. The van der Waals surface area contributed by atoms with Crippen LogP contribution in [0.3, 0.4) is 0 Å². The van der Waals surface area contributed by atoms with Crippen LogP contribution < -0.4 is 4.74 Å². The molecule has 1 aromatic rings.